The van der Waals surface area contributed by atoms with Crippen LogP contribution in [0.1, 0.15) is 37.8 Å². The van der Waals surface area contributed by atoms with Crippen LogP contribution in [0.15, 0.2) is 60.7 Å². The molecular weight excluding hydrogens is 394 g/mol. The first-order valence-electron chi connectivity index (χ1n) is 11.0. The molecule has 0 aliphatic carbocycles. The van der Waals surface area contributed by atoms with Gasteiger partial charge in [0.05, 0.1) is 19.8 Å². The Bertz CT molecular complexity index is 815. The van der Waals surface area contributed by atoms with Crippen LogP contribution in [0.25, 0.3) is 0 Å². The monoisotopic (exact) mass is 427 g/mol. The van der Waals surface area contributed by atoms with E-state index < -0.39 is 17.7 Å². The van der Waals surface area contributed by atoms with Crippen molar-refractivity contribution in [2.45, 2.75) is 69.8 Å². The molecule has 2 fully saturated rings. The van der Waals surface area contributed by atoms with Crippen LogP contribution in [0.2, 0.25) is 0 Å². The van der Waals surface area contributed by atoms with E-state index in [1.165, 1.54) is 0 Å². The fourth-order valence-corrected chi connectivity index (χ4v) is 4.36. The Morgan fingerprint density at radius 2 is 1.52 bits per heavy atom. The van der Waals surface area contributed by atoms with Crippen molar-refractivity contribution < 1.29 is 23.7 Å². The normalized spacial score (nSPS) is 29.2. The molecule has 2 aliphatic heterocycles. The third kappa shape index (κ3) is 5.34. The summed E-state index contributed by atoms with van der Waals surface area (Å²) < 4.78 is 31.4. The number of hydrogen-bond donors (Lipinski definition) is 1. The van der Waals surface area contributed by atoms with E-state index in [-0.39, 0.29) is 12.2 Å². The van der Waals surface area contributed by atoms with Gasteiger partial charge in [0.1, 0.15) is 17.8 Å². The summed E-state index contributed by atoms with van der Waals surface area (Å²) in [5, 5.41) is 0. The number of nitrogens with two attached hydrogens (primary N) is 1. The fourth-order valence-electron chi connectivity index (χ4n) is 4.36. The summed E-state index contributed by atoms with van der Waals surface area (Å²) in [6.07, 6.45) is 0.355. The van der Waals surface area contributed by atoms with Gasteiger partial charge in [-0.2, -0.15) is 0 Å². The van der Waals surface area contributed by atoms with Gasteiger partial charge in [0, 0.05) is 0 Å². The van der Waals surface area contributed by atoms with E-state index in [0.717, 1.165) is 17.5 Å². The summed E-state index contributed by atoms with van der Waals surface area (Å²) in [6, 6.07) is 20.2. The second-order valence-electron chi connectivity index (χ2n) is 8.74. The van der Waals surface area contributed by atoms with E-state index >= 15 is 0 Å². The Labute approximate surface area is 184 Å². The lowest BCUT2D eigenvalue weighted by Gasteiger charge is -2.36. The smallest absolute Gasteiger partial charge is 0.190 e. The molecule has 2 aromatic carbocycles. The maximum absolute atomic E-state index is 6.50. The van der Waals surface area contributed by atoms with Gasteiger partial charge < -0.3 is 29.4 Å². The van der Waals surface area contributed by atoms with Gasteiger partial charge in [0.15, 0.2) is 12.1 Å². The van der Waals surface area contributed by atoms with E-state index in [2.05, 4.69) is 24.3 Å². The number of rotatable bonds is 10. The van der Waals surface area contributed by atoms with Gasteiger partial charge in [0.2, 0.25) is 0 Å². The zero-order valence-corrected chi connectivity index (χ0v) is 18.4. The van der Waals surface area contributed by atoms with Crippen molar-refractivity contribution >= 4 is 0 Å². The second kappa shape index (κ2) is 9.77. The lowest BCUT2D eigenvalue weighted by atomic mass is 9.90. The first-order valence-corrected chi connectivity index (χ1v) is 11.0. The van der Waals surface area contributed by atoms with Crippen molar-refractivity contribution in [2.75, 3.05) is 13.2 Å². The standard InChI is InChI=1S/C25H33NO5/c1-24(2)29-21-22(28-17-20-12-7-4-8-13-20)25(14-9-15-26,31-23(21)30-24)18-27-16-19-10-5-3-6-11-19/h3-8,10-13,21-23H,9,14-18,26H2,1-2H3/t21-,22+,23+,25-/m1/s1. The molecule has 31 heavy (non-hydrogen) atoms. The molecule has 2 aliphatic rings. The second-order valence-corrected chi connectivity index (χ2v) is 8.74. The van der Waals surface area contributed by atoms with E-state index in [4.69, 9.17) is 29.4 Å². The van der Waals surface area contributed by atoms with Crippen molar-refractivity contribution in [3.8, 4) is 0 Å². The molecule has 2 saturated heterocycles. The van der Waals surface area contributed by atoms with Gasteiger partial charge in [-0.3, -0.25) is 0 Å². The van der Waals surface area contributed by atoms with Crippen LogP contribution in [-0.2, 0) is 36.9 Å². The molecule has 0 aromatic heterocycles. The minimum atomic E-state index is -0.714. The molecule has 4 rings (SSSR count). The topological polar surface area (TPSA) is 72.2 Å². The van der Waals surface area contributed by atoms with E-state index in [1.807, 2.05) is 50.2 Å². The first kappa shape index (κ1) is 22.4. The Morgan fingerprint density at radius 3 is 2.16 bits per heavy atom. The zero-order chi connectivity index (χ0) is 21.7. The van der Waals surface area contributed by atoms with Crippen molar-refractivity contribution in [3.63, 3.8) is 0 Å². The quantitative estimate of drug-likeness (QED) is 0.622. The number of benzene rings is 2. The van der Waals surface area contributed by atoms with Gasteiger partial charge in [-0.25, -0.2) is 0 Å². The lowest BCUT2D eigenvalue weighted by Crippen LogP contribution is -2.50. The third-order valence-corrected chi connectivity index (χ3v) is 5.79. The minimum Gasteiger partial charge on any atom is -0.374 e. The van der Waals surface area contributed by atoms with Crippen molar-refractivity contribution in [2.24, 2.45) is 5.73 Å². The average Bonchev–Trinajstić information content (AvgIpc) is 3.21. The summed E-state index contributed by atoms with van der Waals surface area (Å²) in [4.78, 5) is 0. The highest BCUT2D eigenvalue weighted by molar-refractivity contribution is 5.15. The molecule has 6 nitrogen and oxygen atoms in total. The molecule has 2 heterocycles. The third-order valence-electron chi connectivity index (χ3n) is 5.79. The highest BCUT2D eigenvalue weighted by Crippen LogP contribution is 2.46. The summed E-state index contributed by atoms with van der Waals surface area (Å²) in [7, 11) is 0. The lowest BCUT2D eigenvalue weighted by molar-refractivity contribution is -0.256. The van der Waals surface area contributed by atoms with Crippen LogP contribution in [0.3, 0.4) is 0 Å². The molecule has 0 amide bonds. The molecule has 0 bridgehead atoms. The molecule has 168 valence electrons. The molecule has 2 aromatic rings. The Hall–Kier alpha value is -1.80. The van der Waals surface area contributed by atoms with Crippen LogP contribution in [0.5, 0.6) is 0 Å². The Morgan fingerprint density at radius 1 is 0.871 bits per heavy atom. The van der Waals surface area contributed by atoms with Gasteiger partial charge in [-0.05, 0) is 44.4 Å². The Kier molecular flexibility index (Phi) is 7.06. The SMILES string of the molecule is CC1(C)O[C@H]2O[C@](CCCN)(COCc3ccccc3)[C@@H](OCc3ccccc3)[C@H]2O1. The molecule has 2 N–H and O–H groups in total. The summed E-state index contributed by atoms with van der Waals surface area (Å²) >= 11 is 0. The molecule has 0 spiro atoms. The van der Waals surface area contributed by atoms with Crippen LogP contribution < -0.4 is 5.73 Å². The Balaban J connectivity index is 1.52. The van der Waals surface area contributed by atoms with Crippen molar-refractivity contribution in [1.29, 1.82) is 0 Å². The molecule has 4 atom stereocenters. The van der Waals surface area contributed by atoms with Gasteiger partial charge >= 0.3 is 0 Å². The van der Waals surface area contributed by atoms with Crippen LogP contribution in [0, 0.1) is 0 Å². The van der Waals surface area contributed by atoms with Crippen LogP contribution in [-0.4, -0.2) is 43.0 Å². The largest absolute Gasteiger partial charge is 0.374 e. The van der Waals surface area contributed by atoms with Crippen molar-refractivity contribution in [3.05, 3.63) is 71.8 Å². The average molecular weight is 428 g/mol. The number of fused-ring (bicyclic) bond motifs is 1. The maximum Gasteiger partial charge on any atom is 0.190 e. The molecule has 0 saturated carbocycles. The zero-order valence-electron chi connectivity index (χ0n) is 18.4. The summed E-state index contributed by atoms with van der Waals surface area (Å²) in [5.74, 6) is -0.714. The maximum atomic E-state index is 6.50. The molecule has 0 radical (unpaired) electrons. The number of hydrogen-bond acceptors (Lipinski definition) is 6. The predicted molar refractivity (Wildman–Crippen MR) is 117 cm³/mol. The van der Waals surface area contributed by atoms with Crippen LogP contribution >= 0.6 is 0 Å². The molecular formula is C25H33NO5. The first-order chi connectivity index (χ1) is 15.0. The molecule has 0 unspecified atom stereocenters. The van der Waals surface area contributed by atoms with Crippen molar-refractivity contribution in [1.82, 2.24) is 0 Å². The van der Waals surface area contributed by atoms with E-state index in [9.17, 15) is 0 Å². The highest BCUT2D eigenvalue weighted by Gasteiger charge is 2.62. The fraction of sp³-hybridized carbons (Fsp3) is 0.520. The number of ether oxygens (including phenoxy) is 5. The van der Waals surface area contributed by atoms with Gasteiger partial charge in [-0.1, -0.05) is 60.7 Å². The summed E-state index contributed by atoms with van der Waals surface area (Å²) in [5.41, 5.74) is 7.38. The molecule has 6 heteroatoms. The summed E-state index contributed by atoms with van der Waals surface area (Å²) in [6.45, 7) is 5.71. The van der Waals surface area contributed by atoms with Gasteiger partial charge in [0.25, 0.3) is 0 Å². The van der Waals surface area contributed by atoms with Gasteiger partial charge in [-0.15, -0.1) is 0 Å². The van der Waals surface area contributed by atoms with Crippen LogP contribution in [0.4, 0.5) is 0 Å². The highest BCUT2D eigenvalue weighted by atomic mass is 16.8. The minimum absolute atomic E-state index is 0.322. The van der Waals surface area contributed by atoms with E-state index in [0.29, 0.717) is 32.8 Å². The predicted octanol–water partition coefficient (Wildman–Crippen LogP) is 3.77. The van der Waals surface area contributed by atoms with E-state index in [1.54, 1.807) is 0 Å².